The molecule has 146 valence electrons. The van der Waals surface area contributed by atoms with Gasteiger partial charge in [0.2, 0.25) is 5.91 Å². The molecule has 1 fully saturated rings. The zero-order valence-corrected chi connectivity index (χ0v) is 16.8. The number of carbonyl (C=O) groups excluding carboxylic acids is 1. The monoisotopic (exact) mass is 363 g/mol. The van der Waals surface area contributed by atoms with Gasteiger partial charge in [-0.2, -0.15) is 0 Å². The fourth-order valence-corrected chi connectivity index (χ4v) is 3.58. The smallest absolute Gasteiger partial charge is 0.230 e. The molecule has 1 amide bonds. The molecule has 0 N–H and O–H groups in total. The molecule has 1 aromatic carbocycles. The quantitative estimate of drug-likeness (QED) is 0.704. The van der Waals surface area contributed by atoms with Gasteiger partial charge < -0.3 is 19.1 Å². The number of rotatable bonds is 8. The highest BCUT2D eigenvalue weighted by atomic mass is 16.5. The van der Waals surface area contributed by atoms with Crippen molar-refractivity contribution in [2.45, 2.75) is 51.6 Å². The zero-order valence-electron chi connectivity index (χ0n) is 16.8. The van der Waals surface area contributed by atoms with Crippen LogP contribution >= 0.6 is 0 Å². The Morgan fingerprint density at radius 2 is 1.96 bits per heavy atom. The summed E-state index contributed by atoms with van der Waals surface area (Å²) in [4.78, 5) is 15.0. The third kappa shape index (κ3) is 5.13. The molecule has 0 radical (unpaired) electrons. The highest BCUT2D eigenvalue weighted by molar-refractivity contribution is 5.84. The first-order valence-electron chi connectivity index (χ1n) is 9.56. The number of amides is 1. The maximum absolute atomic E-state index is 13.1. The number of nitrogens with zero attached hydrogens (tertiary/aromatic N) is 1. The van der Waals surface area contributed by atoms with Crippen molar-refractivity contribution in [2.24, 2.45) is 5.92 Å². The number of benzene rings is 1. The van der Waals surface area contributed by atoms with Gasteiger partial charge in [0.1, 0.15) is 0 Å². The average Bonchev–Trinajstić information content (AvgIpc) is 2.66. The molecule has 0 bridgehead atoms. The fourth-order valence-electron chi connectivity index (χ4n) is 3.58. The molecular weight excluding hydrogens is 330 g/mol. The van der Waals surface area contributed by atoms with Crippen molar-refractivity contribution in [1.29, 1.82) is 0 Å². The molecule has 0 saturated carbocycles. The summed E-state index contributed by atoms with van der Waals surface area (Å²) < 4.78 is 16.5. The minimum atomic E-state index is -0.202. The fraction of sp³-hybridized carbons (Fsp3) is 0.667. The van der Waals surface area contributed by atoms with Crippen molar-refractivity contribution in [2.75, 3.05) is 34.4 Å². The lowest BCUT2D eigenvalue weighted by atomic mass is 9.87. The molecule has 1 aliphatic heterocycles. The Kier molecular flexibility index (Phi) is 7.76. The van der Waals surface area contributed by atoms with Crippen molar-refractivity contribution in [3.8, 4) is 11.5 Å². The van der Waals surface area contributed by atoms with Crippen molar-refractivity contribution in [3.63, 3.8) is 0 Å². The lowest BCUT2D eigenvalue weighted by Gasteiger charge is -2.29. The molecule has 5 nitrogen and oxygen atoms in total. The molecule has 1 aliphatic rings. The summed E-state index contributed by atoms with van der Waals surface area (Å²) in [6.45, 7) is 5.73. The van der Waals surface area contributed by atoms with Gasteiger partial charge in [0.25, 0.3) is 0 Å². The van der Waals surface area contributed by atoms with E-state index in [0.717, 1.165) is 38.0 Å². The third-order valence-electron chi connectivity index (χ3n) is 5.14. The van der Waals surface area contributed by atoms with E-state index < -0.39 is 0 Å². The summed E-state index contributed by atoms with van der Waals surface area (Å²) in [6, 6.07) is 5.74. The van der Waals surface area contributed by atoms with Crippen molar-refractivity contribution in [3.05, 3.63) is 23.8 Å². The molecule has 0 aromatic heterocycles. The molecule has 1 aromatic rings. The van der Waals surface area contributed by atoms with Crippen molar-refractivity contribution in [1.82, 2.24) is 4.90 Å². The Bertz CT molecular complexity index is 581. The van der Waals surface area contributed by atoms with Crippen LogP contribution in [-0.2, 0) is 9.53 Å². The summed E-state index contributed by atoms with van der Waals surface area (Å²) in [7, 11) is 5.12. The molecule has 1 saturated heterocycles. The highest BCUT2D eigenvalue weighted by Gasteiger charge is 2.28. The molecule has 2 unspecified atom stereocenters. The predicted octanol–water partition coefficient (Wildman–Crippen LogP) is 3.86. The zero-order chi connectivity index (χ0) is 19.1. The second-order valence-electron chi connectivity index (χ2n) is 7.37. The highest BCUT2D eigenvalue weighted by Crippen LogP contribution is 2.34. The van der Waals surface area contributed by atoms with Gasteiger partial charge in [-0.3, -0.25) is 4.79 Å². The van der Waals surface area contributed by atoms with E-state index in [1.807, 2.05) is 30.1 Å². The van der Waals surface area contributed by atoms with E-state index in [1.165, 1.54) is 6.42 Å². The van der Waals surface area contributed by atoms with Crippen LogP contribution < -0.4 is 9.47 Å². The Morgan fingerprint density at radius 3 is 2.54 bits per heavy atom. The minimum Gasteiger partial charge on any atom is -0.493 e. The second kappa shape index (κ2) is 9.81. The van der Waals surface area contributed by atoms with Gasteiger partial charge in [-0.15, -0.1) is 0 Å². The first kappa shape index (κ1) is 20.6. The van der Waals surface area contributed by atoms with Crippen LogP contribution in [0.1, 0.15) is 51.0 Å². The standard InChI is InChI=1S/C21H33NO4/c1-15(2)20(16-9-10-18(24-4)19(14-16)25-5)21(23)22(3)12-11-17-8-6-7-13-26-17/h9-10,14-15,17,20H,6-8,11-13H2,1-5H3. The third-order valence-corrected chi connectivity index (χ3v) is 5.14. The van der Waals surface area contributed by atoms with Crippen LogP contribution in [0.25, 0.3) is 0 Å². The molecule has 0 aliphatic carbocycles. The number of methoxy groups -OCH3 is 2. The van der Waals surface area contributed by atoms with Crippen molar-refractivity contribution < 1.29 is 19.0 Å². The van der Waals surface area contributed by atoms with Crippen molar-refractivity contribution >= 4 is 5.91 Å². The maximum atomic E-state index is 13.1. The number of carbonyl (C=O) groups is 1. The number of hydrogen-bond donors (Lipinski definition) is 0. The van der Waals surface area contributed by atoms with Crippen LogP contribution in [0.5, 0.6) is 11.5 Å². The van der Waals surface area contributed by atoms with E-state index in [-0.39, 0.29) is 23.8 Å². The summed E-state index contributed by atoms with van der Waals surface area (Å²) in [6.07, 6.45) is 4.67. The van der Waals surface area contributed by atoms with Gasteiger partial charge in [0.15, 0.2) is 11.5 Å². The van der Waals surface area contributed by atoms with E-state index >= 15 is 0 Å². The summed E-state index contributed by atoms with van der Waals surface area (Å²) in [5.41, 5.74) is 0.961. The van der Waals surface area contributed by atoms with E-state index in [9.17, 15) is 4.79 Å². The van der Waals surface area contributed by atoms with E-state index in [2.05, 4.69) is 13.8 Å². The lowest BCUT2D eigenvalue weighted by Crippen LogP contribution is -2.36. The largest absolute Gasteiger partial charge is 0.493 e. The summed E-state index contributed by atoms with van der Waals surface area (Å²) in [5.74, 6) is 1.46. The van der Waals surface area contributed by atoms with E-state index in [1.54, 1.807) is 14.2 Å². The first-order valence-corrected chi connectivity index (χ1v) is 9.56. The van der Waals surface area contributed by atoms with Crippen LogP contribution in [0.4, 0.5) is 0 Å². The normalized spacial score (nSPS) is 18.5. The first-order chi connectivity index (χ1) is 12.5. The van der Waals surface area contributed by atoms with Gasteiger partial charge in [-0.05, 0) is 49.3 Å². The van der Waals surface area contributed by atoms with E-state index in [0.29, 0.717) is 11.5 Å². The van der Waals surface area contributed by atoms with Crippen LogP contribution in [0, 0.1) is 5.92 Å². The van der Waals surface area contributed by atoms with E-state index in [4.69, 9.17) is 14.2 Å². The van der Waals surface area contributed by atoms with Gasteiger partial charge >= 0.3 is 0 Å². The van der Waals surface area contributed by atoms with Crippen LogP contribution in [0.3, 0.4) is 0 Å². The molecule has 2 rings (SSSR count). The molecule has 1 heterocycles. The minimum absolute atomic E-state index is 0.142. The summed E-state index contributed by atoms with van der Waals surface area (Å²) in [5, 5.41) is 0. The number of hydrogen-bond acceptors (Lipinski definition) is 4. The molecule has 0 spiro atoms. The molecule has 2 atom stereocenters. The summed E-state index contributed by atoms with van der Waals surface area (Å²) >= 11 is 0. The molecular formula is C21H33NO4. The Hall–Kier alpha value is -1.75. The topological polar surface area (TPSA) is 48.0 Å². The van der Waals surface area contributed by atoms with Gasteiger partial charge in [0.05, 0.1) is 26.2 Å². The molecule has 26 heavy (non-hydrogen) atoms. The maximum Gasteiger partial charge on any atom is 0.230 e. The van der Waals surface area contributed by atoms with Gasteiger partial charge in [0, 0.05) is 20.2 Å². The van der Waals surface area contributed by atoms with Crippen LogP contribution in [-0.4, -0.2) is 51.3 Å². The average molecular weight is 363 g/mol. The Labute approximate surface area is 157 Å². The van der Waals surface area contributed by atoms with Crippen LogP contribution in [0.2, 0.25) is 0 Å². The lowest BCUT2D eigenvalue weighted by molar-refractivity contribution is -0.133. The number of ether oxygens (including phenoxy) is 3. The second-order valence-corrected chi connectivity index (χ2v) is 7.37. The number of likely N-dealkylation sites (N-methyl/N-ethyl adjacent to an activating group) is 1. The Balaban J connectivity index is 2.08. The Morgan fingerprint density at radius 1 is 1.23 bits per heavy atom. The molecule has 5 heteroatoms. The van der Waals surface area contributed by atoms with Gasteiger partial charge in [-0.25, -0.2) is 0 Å². The SMILES string of the molecule is COc1ccc(C(C(=O)N(C)CCC2CCCCO2)C(C)C)cc1OC. The van der Waals surface area contributed by atoms with Gasteiger partial charge in [-0.1, -0.05) is 19.9 Å². The predicted molar refractivity (Wildman–Crippen MR) is 103 cm³/mol. The van der Waals surface area contributed by atoms with Crippen LogP contribution in [0.15, 0.2) is 18.2 Å².